The minimum absolute atomic E-state index is 0.0958. The third-order valence-corrected chi connectivity index (χ3v) is 4.42. The van der Waals surface area contributed by atoms with E-state index in [-0.39, 0.29) is 16.9 Å². The van der Waals surface area contributed by atoms with Gasteiger partial charge in [0.1, 0.15) is 9.90 Å². The summed E-state index contributed by atoms with van der Waals surface area (Å²) in [7, 11) is -3.63. The molecule has 5 nitrogen and oxygen atoms in total. The van der Waals surface area contributed by atoms with Crippen LogP contribution in [0.1, 0.15) is 13.8 Å². The second-order valence-electron chi connectivity index (χ2n) is 3.58. The van der Waals surface area contributed by atoms with Crippen molar-refractivity contribution in [3.8, 4) is 0 Å². The molecule has 0 spiro atoms. The topological polar surface area (TPSA) is 70.6 Å². The zero-order chi connectivity index (χ0) is 11.9. The number of hydrogen-bond donors (Lipinski definition) is 2. The Balaban J connectivity index is 2.42. The van der Waals surface area contributed by atoms with Gasteiger partial charge in [-0.05, 0) is 19.9 Å². The highest BCUT2D eigenvalue weighted by molar-refractivity contribution is 7.90. The lowest BCUT2D eigenvalue weighted by atomic mass is 10.4. The minimum atomic E-state index is -3.63. The molecule has 0 unspecified atom stereocenters. The quantitative estimate of drug-likeness (QED) is 0.823. The zero-order valence-electron chi connectivity index (χ0n) is 8.61. The van der Waals surface area contributed by atoms with Crippen LogP contribution in [0, 0.1) is 0 Å². The molecule has 2 rings (SSSR count). The van der Waals surface area contributed by atoms with Crippen molar-refractivity contribution in [2.24, 2.45) is 4.40 Å². The molecule has 0 atom stereocenters. The molecule has 0 saturated heterocycles. The predicted octanol–water partition coefficient (Wildman–Crippen LogP) is 1.87. The van der Waals surface area contributed by atoms with E-state index < -0.39 is 10.0 Å². The van der Waals surface area contributed by atoms with Gasteiger partial charge in [-0.3, -0.25) is 0 Å². The Kier molecular flexibility index (Phi) is 2.85. The summed E-state index contributed by atoms with van der Waals surface area (Å²) in [4.78, 5) is 0.136. The molecular weight excluding hydrogens is 270 g/mol. The van der Waals surface area contributed by atoms with Crippen molar-refractivity contribution in [2.45, 2.75) is 24.8 Å². The Morgan fingerprint density at radius 1 is 1.56 bits per heavy atom. The van der Waals surface area contributed by atoms with E-state index in [1.54, 1.807) is 0 Å². The highest BCUT2D eigenvalue weighted by Gasteiger charge is 2.27. The number of sulfonamides is 1. The third-order valence-electron chi connectivity index (χ3n) is 1.81. The largest absolute Gasteiger partial charge is 0.353 e. The maximum atomic E-state index is 11.8. The molecule has 0 aliphatic carbocycles. The molecular formula is C8H10ClN3O2S2. The summed E-state index contributed by atoms with van der Waals surface area (Å²) in [6.07, 6.45) is 0. The van der Waals surface area contributed by atoms with Crippen LogP contribution >= 0.6 is 22.9 Å². The fourth-order valence-electron chi connectivity index (χ4n) is 1.26. The normalized spacial score (nSPS) is 17.6. The fourth-order valence-corrected chi connectivity index (χ4v) is 3.85. The van der Waals surface area contributed by atoms with E-state index in [2.05, 4.69) is 15.0 Å². The summed E-state index contributed by atoms with van der Waals surface area (Å²) in [5.74, 6) is 0.237. The average Bonchev–Trinajstić information content (AvgIpc) is 2.44. The number of halogens is 1. The molecule has 0 aromatic carbocycles. The molecule has 1 aromatic heterocycles. The molecule has 16 heavy (non-hydrogen) atoms. The smallest absolute Gasteiger partial charge is 0.288 e. The van der Waals surface area contributed by atoms with E-state index in [4.69, 9.17) is 11.6 Å². The number of nitrogens with one attached hydrogen (secondary N) is 2. The number of rotatable bonds is 1. The molecule has 0 fully saturated rings. The van der Waals surface area contributed by atoms with Crippen molar-refractivity contribution in [1.29, 1.82) is 0 Å². The van der Waals surface area contributed by atoms with Gasteiger partial charge in [-0.1, -0.05) is 11.6 Å². The first kappa shape index (κ1) is 11.7. The maximum Gasteiger partial charge on any atom is 0.288 e. The highest BCUT2D eigenvalue weighted by Crippen LogP contribution is 2.37. The van der Waals surface area contributed by atoms with E-state index in [0.717, 1.165) is 0 Å². The molecule has 8 heteroatoms. The van der Waals surface area contributed by atoms with Gasteiger partial charge in [-0.25, -0.2) is 0 Å². The SMILES string of the molecule is CC(C)NC1=NS(=O)(=O)c2cc(Cl)sc2N1. The van der Waals surface area contributed by atoms with Crippen LogP contribution in [0.3, 0.4) is 0 Å². The fraction of sp³-hybridized carbons (Fsp3) is 0.375. The summed E-state index contributed by atoms with van der Waals surface area (Å²) >= 11 is 6.95. The molecule has 2 heterocycles. The van der Waals surface area contributed by atoms with E-state index in [0.29, 0.717) is 9.34 Å². The molecule has 1 aliphatic rings. The van der Waals surface area contributed by atoms with E-state index in [9.17, 15) is 8.42 Å². The Labute approximate surface area is 103 Å². The zero-order valence-corrected chi connectivity index (χ0v) is 11.0. The molecule has 1 aliphatic heterocycles. The monoisotopic (exact) mass is 279 g/mol. The van der Waals surface area contributed by atoms with Gasteiger partial charge in [0.2, 0.25) is 5.96 Å². The molecule has 88 valence electrons. The Morgan fingerprint density at radius 3 is 2.88 bits per heavy atom. The first-order chi connectivity index (χ1) is 7.38. The van der Waals surface area contributed by atoms with Crippen molar-refractivity contribution in [1.82, 2.24) is 5.32 Å². The number of anilines is 1. The van der Waals surface area contributed by atoms with Gasteiger partial charge in [0.25, 0.3) is 10.0 Å². The Morgan fingerprint density at radius 2 is 2.25 bits per heavy atom. The van der Waals surface area contributed by atoms with E-state index >= 15 is 0 Å². The van der Waals surface area contributed by atoms with Gasteiger partial charge in [-0.2, -0.15) is 8.42 Å². The average molecular weight is 280 g/mol. The van der Waals surface area contributed by atoms with Gasteiger partial charge in [0, 0.05) is 6.04 Å². The summed E-state index contributed by atoms with van der Waals surface area (Å²) < 4.78 is 27.6. The third kappa shape index (κ3) is 2.16. The Hall–Kier alpha value is -0.790. The van der Waals surface area contributed by atoms with Crippen LogP contribution < -0.4 is 10.6 Å². The van der Waals surface area contributed by atoms with Crippen molar-refractivity contribution in [3.63, 3.8) is 0 Å². The van der Waals surface area contributed by atoms with Crippen molar-refractivity contribution >= 4 is 43.9 Å². The number of thiophene rings is 1. The van der Waals surface area contributed by atoms with Gasteiger partial charge in [0.15, 0.2) is 0 Å². The standard InChI is InChI=1S/C8H10ClN3O2S2/c1-4(2)10-8-11-7-5(3-6(9)15-7)16(13,14)12-8/h3-4H,1-2H3,(H2,10,11,12). The lowest BCUT2D eigenvalue weighted by Gasteiger charge is -2.17. The summed E-state index contributed by atoms with van der Waals surface area (Å²) in [6.45, 7) is 3.79. The van der Waals surface area contributed by atoms with E-state index in [1.807, 2.05) is 13.8 Å². The van der Waals surface area contributed by atoms with Gasteiger partial charge < -0.3 is 10.6 Å². The van der Waals surface area contributed by atoms with Crippen LogP contribution in [-0.2, 0) is 10.0 Å². The van der Waals surface area contributed by atoms with Gasteiger partial charge in [0.05, 0.1) is 4.34 Å². The number of fused-ring (bicyclic) bond motifs is 1. The van der Waals surface area contributed by atoms with Crippen LogP contribution in [0.25, 0.3) is 0 Å². The van der Waals surface area contributed by atoms with Crippen LogP contribution in [-0.4, -0.2) is 20.4 Å². The molecule has 0 saturated carbocycles. The van der Waals surface area contributed by atoms with Crippen molar-refractivity contribution < 1.29 is 8.42 Å². The Bertz CT molecular complexity index is 548. The van der Waals surface area contributed by atoms with Gasteiger partial charge >= 0.3 is 0 Å². The van der Waals surface area contributed by atoms with Crippen molar-refractivity contribution in [3.05, 3.63) is 10.4 Å². The van der Waals surface area contributed by atoms with Crippen LogP contribution in [0.15, 0.2) is 15.4 Å². The lowest BCUT2D eigenvalue weighted by Crippen LogP contribution is -2.38. The van der Waals surface area contributed by atoms with Gasteiger partial charge in [-0.15, -0.1) is 15.7 Å². The minimum Gasteiger partial charge on any atom is -0.353 e. The first-order valence-electron chi connectivity index (χ1n) is 4.56. The summed E-state index contributed by atoms with van der Waals surface area (Å²) in [5, 5.41) is 6.31. The summed E-state index contributed by atoms with van der Waals surface area (Å²) in [5.41, 5.74) is 0. The second-order valence-corrected chi connectivity index (χ2v) is 6.84. The van der Waals surface area contributed by atoms with Crippen LogP contribution in [0.2, 0.25) is 4.34 Å². The maximum absolute atomic E-state index is 11.8. The molecule has 0 amide bonds. The first-order valence-corrected chi connectivity index (χ1v) is 7.20. The lowest BCUT2D eigenvalue weighted by molar-refractivity contribution is 0.597. The molecule has 0 bridgehead atoms. The van der Waals surface area contributed by atoms with E-state index in [1.165, 1.54) is 17.4 Å². The highest BCUT2D eigenvalue weighted by atomic mass is 35.5. The van der Waals surface area contributed by atoms with Crippen molar-refractivity contribution in [2.75, 3.05) is 5.32 Å². The number of nitrogens with zero attached hydrogens (tertiary/aromatic N) is 1. The predicted molar refractivity (Wildman–Crippen MR) is 65.8 cm³/mol. The van der Waals surface area contributed by atoms with Crippen LogP contribution in [0.5, 0.6) is 0 Å². The molecule has 0 radical (unpaired) electrons. The molecule has 2 N–H and O–H groups in total. The molecule has 1 aromatic rings. The number of guanidine groups is 1. The van der Waals surface area contributed by atoms with Crippen LogP contribution in [0.4, 0.5) is 5.00 Å². The second kappa shape index (κ2) is 3.90. The number of hydrogen-bond acceptors (Lipinski definition) is 5. The summed E-state index contributed by atoms with van der Waals surface area (Å²) in [6, 6.07) is 1.50.